The highest BCUT2D eigenvalue weighted by atomic mass is 14.9. The molecule has 0 saturated carbocycles. The Morgan fingerprint density at radius 3 is 3.08 bits per heavy atom. The largest absolute Gasteiger partial charge is 0.350 e. The summed E-state index contributed by atoms with van der Waals surface area (Å²) in [5.74, 6) is 1.16. The molecule has 0 aromatic rings. The molecule has 0 bridgehead atoms. The molecule has 2 nitrogen and oxygen atoms in total. The Hall–Kier alpha value is -1.23. The zero-order valence-electron chi connectivity index (χ0n) is 7.17. The van der Waals surface area contributed by atoms with Crippen molar-refractivity contribution in [1.29, 1.82) is 5.26 Å². The van der Waals surface area contributed by atoms with Crippen molar-refractivity contribution >= 4 is 0 Å². The summed E-state index contributed by atoms with van der Waals surface area (Å²) in [6.07, 6.45) is 6.71. The Kier molecular flexibility index (Phi) is 1.65. The van der Waals surface area contributed by atoms with E-state index in [1.54, 1.807) is 0 Å². The molecule has 1 N–H and O–H groups in total. The number of nitriles is 1. The van der Waals surface area contributed by atoms with Crippen LogP contribution in [0.4, 0.5) is 0 Å². The summed E-state index contributed by atoms with van der Waals surface area (Å²) in [6.45, 7) is 2.22. The highest BCUT2D eigenvalue weighted by Gasteiger charge is 2.24. The van der Waals surface area contributed by atoms with Crippen LogP contribution in [-0.4, -0.2) is 0 Å². The molecule has 1 aliphatic heterocycles. The molecule has 0 saturated heterocycles. The van der Waals surface area contributed by atoms with Crippen LogP contribution in [0.3, 0.4) is 0 Å². The van der Waals surface area contributed by atoms with Crippen molar-refractivity contribution in [2.75, 3.05) is 0 Å². The van der Waals surface area contributed by atoms with Gasteiger partial charge >= 0.3 is 0 Å². The van der Waals surface area contributed by atoms with Gasteiger partial charge in [-0.25, -0.2) is 0 Å². The fraction of sp³-hybridized carbons (Fsp3) is 0.500. The van der Waals surface area contributed by atoms with Gasteiger partial charge in [0.2, 0.25) is 0 Å². The van der Waals surface area contributed by atoms with E-state index < -0.39 is 0 Å². The van der Waals surface area contributed by atoms with E-state index in [9.17, 15) is 0 Å². The Bertz CT molecular complexity index is 293. The number of hydrogen-bond acceptors (Lipinski definition) is 2. The Balaban J connectivity index is 2.22. The Morgan fingerprint density at radius 2 is 2.33 bits per heavy atom. The van der Waals surface area contributed by atoms with Crippen molar-refractivity contribution in [2.24, 2.45) is 11.8 Å². The monoisotopic (exact) mass is 160 g/mol. The van der Waals surface area contributed by atoms with Crippen molar-refractivity contribution in [3.63, 3.8) is 0 Å². The Labute approximate surface area is 72.6 Å². The number of nitrogens with one attached hydrogen (secondary N) is 1. The minimum absolute atomic E-state index is 0.496. The molecule has 0 spiro atoms. The number of nitrogens with zero attached hydrogens (tertiary/aromatic N) is 1. The first kappa shape index (κ1) is 7.42. The standard InChI is InChI=1S/C10H12N2/c1-7-2-3-8-5-9(6-11)12-10(8)4-7/h4-5,7-8,12H,2-3H2,1H3. The summed E-state index contributed by atoms with van der Waals surface area (Å²) in [4.78, 5) is 0. The van der Waals surface area contributed by atoms with Crippen molar-refractivity contribution in [2.45, 2.75) is 19.8 Å². The maximum Gasteiger partial charge on any atom is 0.117 e. The highest BCUT2D eigenvalue weighted by Crippen LogP contribution is 2.32. The summed E-state index contributed by atoms with van der Waals surface area (Å²) in [7, 11) is 0. The van der Waals surface area contributed by atoms with Gasteiger partial charge in [-0.15, -0.1) is 0 Å². The van der Waals surface area contributed by atoms with Crippen LogP contribution in [0.5, 0.6) is 0 Å². The molecule has 2 unspecified atom stereocenters. The van der Waals surface area contributed by atoms with Crippen LogP contribution >= 0.6 is 0 Å². The van der Waals surface area contributed by atoms with Gasteiger partial charge in [-0.1, -0.05) is 13.0 Å². The highest BCUT2D eigenvalue weighted by molar-refractivity contribution is 5.35. The average molecular weight is 160 g/mol. The zero-order valence-corrected chi connectivity index (χ0v) is 7.17. The van der Waals surface area contributed by atoms with Crippen LogP contribution in [0.25, 0.3) is 0 Å². The van der Waals surface area contributed by atoms with Gasteiger partial charge in [0.1, 0.15) is 11.8 Å². The second kappa shape index (κ2) is 2.67. The van der Waals surface area contributed by atoms with Crippen LogP contribution in [0.15, 0.2) is 23.5 Å². The fourth-order valence-corrected chi connectivity index (χ4v) is 1.88. The molecular weight excluding hydrogens is 148 g/mol. The van der Waals surface area contributed by atoms with E-state index in [-0.39, 0.29) is 0 Å². The molecule has 0 aromatic carbocycles. The zero-order chi connectivity index (χ0) is 8.55. The third-order valence-electron chi connectivity index (χ3n) is 2.56. The minimum Gasteiger partial charge on any atom is -0.350 e. The van der Waals surface area contributed by atoms with Crippen LogP contribution in [0.2, 0.25) is 0 Å². The summed E-state index contributed by atoms with van der Waals surface area (Å²) < 4.78 is 0. The first-order chi connectivity index (χ1) is 5.79. The number of allylic oxidation sites excluding steroid dienone is 3. The summed E-state index contributed by atoms with van der Waals surface area (Å²) >= 11 is 0. The third-order valence-corrected chi connectivity index (χ3v) is 2.56. The molecule has 12 heavy (non-hydrogen) atoms. The van der Waals surface area contributed by atoms with E-state index in [2.05, 4.69) is 24.4 Å². The normalized spacial score (nSPS) is 32.7. The molecule has 1 heterocycles. The smallest absolute Gasteiger partial charge is 0.117 e. The first-order valence-corrected chi connectivity index (χ1v) is 4.40. The predicted octanol–water partition coefficient (Wildman–Crippen LogP) is 1.93. The molecule has 0 aromatic heterocycles. The lowest BCUT2D eigenvalue weighted by molar-refractivity contribution is 0.506. The molecule has 2 rings (SSSR count). The van der Waals surface area contributed by atoms with Gasteiger partial charge in [-0.05, 0) is 24.8 Å². The number of rotatable bonds is 0. The summed E-state index contributed by atoms with van der Waals surface area (Å²) in [5, 5.41) is 11.8. The molecule has 0 amide bonds. The minimum atomic E-state index is 0.496. The maximum absolute atomic E-state index is 8.67. The third kappa shape index (κ3) is 1.12. The summed E-state index contributed by atoms with van der Waals surface area (Å²) in [5.41, 5.74) is 1.96. The molecule has 0 radical (unpaired) electrons. The summed E-state index contributed by atoms with van der Waals surface area (Å²) in [6, 6.07) is 2.14. The number of fused-ring (bicyclic) bond motifs is 1. The molecular formula is C10H12N2. The molecule has 1 aliphatic carbocycles. The van der Waals surface area contributed by atoms with Crippen molar-refractivity contribution in [3.8, 4) is 6.07 Å². The van der Waals surface area contributed by atoms with Crippen molar-refractivity contribution < 1.29 is 0 Å². The van der Waals surface area contributed by atoms with Crippen molar-refractivity contribution in [3.05, 3.63) is 23.5 Å². The quantitative estimate of drug-likeness (QED) is 0.587. The molecule has 2 atom stereocenters. The van der Waals surface area contributed by atoms with E-state index in [4.69, 9.17) is 5.26 Å². The van der Waals surface area contributed by atoms with Crippen LogP contribution in [-0.2, 0) is 0 Å². The number of hydrogen-bond donors (Lipinski definition) is 1. The Morgan fingerprint density at radius 1 is 1.50 bits per heavy atom. The van der Waals surface area contributed by atoms with E-state index in [1.165, 1.54) is 18.5 Å². The first-order valence-electron chi connectivity index (χ1n) is 4.40. The molecule has 62 valence electrons. The lowest BCUT2D eigenvalue weighted by atomic mass is 9.88. The van der Waals surface area contributed by atoms with Crippen LogP contribution < -0.4 is 5.32 Å². The fourth-order valence-electron chi connectivity index (χ4n) is 1.88. The van der Waals surface area contributed by atoms with Gasteiger partial charge in [0.25, 0.3) is 0 Å². The van der Waals surface area contributed by atoms with Gasteiger partial charge < -0.3 is 5.32 Å². The van der Waals surface area contributed by atoms with Gasteiger partial charge in [0, 0.05) is 11.6 Å². The van der Waals surface area contributed by atoms with Gasteiger partial charge in [-0.3, -0.25) is 0 Å². The second-order valence-corrected chi connectivity index (χ2v) is 3.60. The van der Waals surface area contributed by atoms with E-state index in [0.29, 0.717) is 11.8 Å². The molecule has 2 heteroatoms. The lowest BCUT2D eigenvalue weighted by Crippen LogP contribution is -2.15. The van der Waals surface area contributed by atoms with Crippen LogP contribution in [0, 0.1) is 23.2 Å². The van der Waals surface area contributed by atoms with E-state index in [1.807, 2.05) is 6.08 Å². The second-order valence-electron chi connectivity index (χ2n) is 3.60. The van der Waals surface area contributed by atoms with E-state index >= 15 is 0 Å². The SMILES string of the molecule is CC1C=C2NC(C#N)=CC2CC1. The topological polar surface area (TPSA) is 35.8 Å². The van der Waals surface area contributed by atoms with Gasteiger partial charge in [-0.2, -0.15) is 5.26 Å². The van der Waals surface area contributed by atoms with E-state index in [0.717, 1.165) is 5.70 Å². The van der Waals surface area contributed by atoms with Crippen LogP contribution in [0.1, 0.15) is 19.8 Å². The molecule has 0 fully saturated rings. The van der Waals surface area contributed by atoms with Crippen molar-refractivity contribution in [1.82, 2.24) is 5.32 Å². The van der Waals surface area contributed by atoms with Gasteiger partial charge in [0.15, 0.2) is 0 Å². The lowest BCUT2D eigenvalue weighted by Gasteiger charge is -2.20. The molecule has 2 aliphatic rings. The average Bonchev–Trinajstić information content (AvgIpc) is 2.46. The predicted molar refractivity (Wildman–Crippen MR) is 46.8 cm³/mol. The van der Waals surface area contributed by atoms with Gasteiger partial charge in [0.05, 0.1) is 0 Å². The maximum atomic E-state index is 8.67.